The number of aliphatic hydroxyl groups is 11. The van der Waals surface area contributed by atoms with Gasteiger partial charge in [-0.3, -0.25) is 0 Å². The van der Waals surface area contributed by atoms with Crippen LogP contribution in [0.5, 0.6) is 0 Å². The predicted molar refractivity (Wildman–Crippen MR) is 169 cm³/mol. The van der Waals surface area contributed by atoms with E-state index in [0.717, 1.165) is 0 Å². The van der Waals surface area contributed by atoms with Crippen LogP contribution in [0, 0.1) is 0 Å². The average Bonchev–Trinajstić information content (AvgIpc) is 3.44. The predicted octanol–water partition coefficient (Wildman–Crippen LogP) is -11.0. The van der Waals surface area contributed by atoms with Crippen LogP contribution in [0.3, 0.4) is 0 Å². The Morgan fingerprint density at radius 1 is 0.415 bits per heavy atom. The van der Waals surface area contributed by atoms with Gasteiger partial charge in [-0.2, -0.15) is 0 Å². The molecule has 4 heterocycles. The van der Waals surface area contributed by atoms with Crippen molar-refractivity contribution in [1.29, 1.82) is 0 Å². The van der Waals surface area contributed by atoms with Gasteiger partial charge in [-0.05, 0) is 6.42 Å². The molecule has 21 N–H and O–H groups in total. The Kier molecular flexibility index (Phi) is 14.7. The first-order valence-corrected chi connectivity index (χ1v) is 17.3. The third-order valence-electron chi connectivity index (χ3n) is 10.4. The van der Waals surface area contributed by atoms with Gasteiger partial charge in [0.15, 0.2) is 25.2 Å². The highest BCUT2D eigenvalue weighted by Crippen LogP contribution is 2.35. The highest BCUT2D eigenvalue weighted by Gasteiger charge is 2.55. The molecule has 5 rings (SSSR count). The molecule has 0 spiro atoms. The second-order valence-corrected chi connectivity index (χ2v) is 14.0. The van der Waals surface area contributed by atoms with Gasteiger partial charge in [0.25, 0.3) is 0 Å². The first-order valence-electron chi connectivity index (χ1n) is 17.3. The minimum absolute atomic E-state index is 0.0189. The molecule has 4 saturated heterocycles. The number of ether oxygens (including phenoxy) is 8. The molecule has 0 amide bonds. The highest BCUT2D eigenvalue weighted by molar-refractivity contribution is 5.02. The maximum absolute atomic E-state index is 11.3. The maximum Gasteiger partial charge on any atom is 0.187 e. The summed E-state index contributed by atoms with van der Waals surface area (Å²) in [6.07, 6.45) is -30.3. The van der Waals surface area contributed by atoms with Crippen molar-refractivity contribution < 1.29 is 94.1 Å². The van der Waals surface area contributed by atoms with Crippen LogP contribution in [0.15, 0.2) is 0 Å². The molecule has 4 aliphatic heterocycles. The summed E-state index contributed by atoms with van der Waals surface area (Å²) >= 11 is 0. The molecule has 0 bridgehead atoms. The van der Waals surface area contributed by atoms with E-state index < -0.39 is 167 Å². The number of hydrogen-bond acceptors (Lipinski definition) is 24. The number of aliphatic hydroxyl groups excluding tert-OH is 11. The Morgan fingerprint density at radius 2 is 0.849 bits per heavy atom. The maximum atomic E-state index is 11.3. The van der Waals surface area contributed by atoms with E-state index in [1.54, 1.807) is 0 Å². The molecule has 0 aromatic carbocycles. The molecule has 24 heteroatoms. The van der Waals surface area contributed by atoms with E-state index in [9.17, 15) is 56.2 Å². The van der Waals surface area contributed by atoms with Crippen LogP contribution in [-0.2, 0) is 37.9 Å². The zero-order valence-electron chi connectivity index (χ0n) is 28.5. The van der Waals surface area contributed by atoms with E-state index in [4.69, 9.17) is 66.6 Å². The van der Waals surface area contributed by atoms with Gasteiger partial charge in [-0.25, -0.2) is 0 Å². The minimum Gasteiger partial charge on any atom is -0.394 e. The summed E-state index contributed by atoms with van der Waals surface area (Å²) in [7, 11) is 0. The van der Waals surface area contributed by atoms with E-state index in [2.05, 4.69) is 0 Å². The smallest absolute Gasteiger partial charge is 0.187 e. The summed E-state index contributed by atoms with van der Waals surface area (Å²) in [6.45, 7) is -2.48. The van der Waals surface area contributed by atoms with E-state index in [1.165, 1.54) is 0 Å². The van der Waals surface area contributed by atoms with E-state index in [-0.39, 0.29) is 13.0 Å². The summed E-state index contributed by atoms with van der Waals surface area (Å²) in [4.78, 5) is 0. The molecule has 5 fully saturated rings. The lowest BCUT2D eigenvalue weighted by Crippen LogP contribution is -2.69. The Bertz CT molecular complexity index is 1150. The second kappa shape index (κ2) is 18.1. The Balaban J connectivity index is 1.29. The summed E-state index contributed by atoms with van der Waals surface area (Å²) < 4.78 is 46.0. The number of rotatable bonds is 12. The molecular formula is C29H55N5O19. The molecule has 5 aliphatic rings. The van der Waals surface area contributed by atoms with Crippen molar-refractivity contribution in [3.05, 3.63) is 0 Å². The van der Waals surface area contributed by atoms with Crippen molar-refractivity contribution in [2.24, 2.45) is 28.7 Å². The van der Waals surface area contributed by atoms with Crippen LogP contribution in [0.4, 0.5) is 0 Å². The van der Waals surface area contributed by atoms with Crippen molar-refractivity contribution in [2.75, 3.05) is 26.4 Å². The lowest BCUT2D eigenvalue weighted by atomic mass is 9.84. The van der Waals surface area contributed by atoms with Gasteiger partial charge in [0, 0.05) is 18.6 Å². The molecule has 53 heavy (non-hydrogen) atoms. The summed E-state index contributed by atoms with van der Waals surface area (Å²) in [5.74, 6) is 0. The first-order chi connectivity index (χ1) is 25.1. The summed E-state index contributed by atoms with van der Waals surface area (Å²) in [5.41, 5.74) is 30.4. The Hall–Kier alpha value is -0.960. The van der Waals surface area contributed by atoms with E-state index >= 15 is 0 Å². The van der Waals surface area contributed by atoms with Gasteiger partial charge in [0.05, 0.1) is 38.0 Å². The van der Waals surface area contributed by atoms with Crippen molar-refractivity contribution in [3.8, 4) is 0 Å². The standard InChI is InChI=1S/C29H55N5O19/c30-2-8-15(39)17(41)12(33)26(46-8)51-24-11(5-37)49-29(21(24)45)53-25-14(38)6(31)1-7(32)22(25)50-27-13(34)18(42)23(10(4-36)48-27)52-28-20(44)19(43)16(40)9(3-35)47-28/h6-29,35-45H,1-5,30-34H2/t6-,7+,8+,9-,10-,11-,12-,13-,14+,15-,16-,17-,18-,19+,20+,21-,22-,23-,24-,25-,26-,27-,28-,29+/m1/s1. The normalized spacial score (nSPS) is 53.9. The lowest BCUT2D eigenvalue weighted by molar-refractivity contribution is -0.355. The minimum atomic E-state index is -1.84. The topological polar surface area (TPSA) is 426 Å². The highest BCUT2D eigenvalue weighted by atomic mass is 16.8. The van der Waals surface area contributed by atoms with Crippen molar-refractivity contribution in [2.45, 2.75) is 153 Å². The molecule has 0 aromatic heterocycles. The molecule has 310 valence electrons. The fraction of sp³-hybridized carbons (Fsp3) is 1.00. The molecule has 0 radical (unpaired) electrons. The average molecular weight is 778 g/mol. The largest absolute Gasteiger partial charge is 0.394 e. The zero-order valence-corrected chi connectivity index (χ0v) is 28.5. The fourth-order valence-electron chi connectivity index (χ4n) is 7.19. The van der Waals surface area contributed by atoms with Crippen molar-refractivity contribution in [3.63, 3.8) is 0 Å². The molecule has 1 saturated carbocycles. The summed E-state index contributed by atoms with van der Waals surface area (Å²) in [5, 5.41) is 115. The number of nitrogens with two attached hydrogens (primary N) is 5. The van der Waals surface area contributed by atoms with Gasteiger partial charge in [0.2, 0.25) is 0 Å². The lowest BCUT2D eigenvalue weighted by Gasteiger charge is -2.49. The molecule has 24 atom stereocenters. The molecule has 24 nitrogen and oxygen atoms in total. The Morgan fingerprint density at radius 3 is 1.43 bits per heavy atom. The van der Waals surface area contributed by atoms with Crippen LogP contribution in [0.2, 0.25) is 0 Å². The van der Waals surface area contributed by atoms with Gasteiger partial charge >= 0.3 is 0 Å². The van der Waals surface area contributed by atoms with E-state index in [1.807, 2.05) is 0 Å². The molecule has 1 aliphatic carbocycles. The van der Waals surface area contributed by atoms with Crippen LogP contribution < -0.4 is 28.7 Å². The Labute approximate surface area is 302 Å². The molecule has 0 unspecified atom stereocenters. The second-order valence-electron chi connectivity index (χ2n) is 14.0. The third-order valence-corrected chi connectivity index (χ3v) is 10.4. The SMILES string of the molecule is NC[C@@H]1O[C@H](O[C@H]2[C@@H](O)[C@H](O[C@@H]3[C@@H](O)[C@H](N)C[C@H](N)[C@H]3O[C@H]3O[C@H](CO)[C@@H](O[C@H]4O[C@H](CO)[C@@H](O)[C@H](O)[C@@H]4O)[C@H](O)[C@H]3N)O[C@@H]2CO)[C@H](N)[C@@H](O)[C@@H]1O. The van der Waals surface area contributed by atoms with Gasteiger partial charge in [-0.15, -0.1) is 0 Å². The van der Waals surface area contributed by atoms with Crippen LogP contribution >= 0.6 is 0 Å². The van der Waals surface area contributed by atoms with Gasteiger partial charge in [-0.1, -0.05) is 0 Å². The van der Waals surface area contributed by atoms with Crippen molar-refractivity contribution in [1.82, 2.24) is 0 Å². The summed E-state index contributed by atoms with van der Waals surface area (Å²) in [6, 6.07) is -4.73. The monoisotopic (exact) mass is 777 g/mol. The third kappa shape index (κ3) is 8.66. The van der Waals surface area contributed by atoms with E-state index in [0.29, 0.717) is 0 Å². The quantitative estimate of drug-likeness (QED) is 0.0874. The fourth-order valence-corrected chi connectivity index (χ4v) is 7.19. The van der Waals surface area contributed by atoms with Gasteiger partial charge < -0.3 is 123 Å². The first kappa shape index (κ1) is 43.2. The number of hydrogen-bond donors (Lipinski definition) is 16. The van der Waals surface area contributed by atoms with Crippen LogP contribution in [-0.4, -0.2) is 230 Å². The molecule has 0 aromatic rings. The van der Waals surface area contributed by atoms with Crippen LogP contribution in [0.25, 0.3) is 0 Å². The zero-order chi connectivity index (χ0) is 39.0. The molecular weight excluding hydrogens is 722 g/mol. The van der Waals surface area contributed by atoms with Crippen molar-refractivity contribution >= 4 is 0 Å². The van der Waals surface area contributed by atoms with Gasteiger partial charge in [0.1, 0.15) is 91.6 Å². The van der Waals surface area contributed by atoms with Crippen LogP contribution in [0.1, 0.15) is 6.42 Å².